The molecule has 0 aliphatic heterocycles. The van der Waals surface area contributed by atoms with E-state index in [9.17, 15) is 9.36 Å². The highest BCUT2D eigenvalue weighted by molar-refractivity contribution is 7.75. The molecule has 0 aliphatic carbocycles. The number of nitrogens with zero attached hydrogens (tertiary/aromatic N) is 1. The Balaban J connectivity index is 2.79. The lowest BCUT2D eigenvalue weighted by atomic mass is 10.2. The molecule has 7 nitrogen and oxygen atoms in total. The predicted octanol–water partition coefficient (Wildman–Crippen LogP) is 2.36. The maximum absolute atomic E-state index is 12.4. The Hall–Kier alpha value is -1.69. The summed E-state index contributed by atoms with van der Waals surface area (Å²) in [5, 5.41) is 14.3. The van der Waals surface area contributed by atoms with E-state index in [1.165, 1.54) is 0 Å². The fourth-order valence-corrected chi connectivity index (χ4v) is 3.02. The Kier molecular flexibility index (Phi) is 7.08. The van der Waals surface area contributed by atoms with E-state index in [-0.39, 0.29) is 19.8 Å². The Morgan fingerprint density at radius 3 is 2.29 bits per heavy atom. The maximum atomic E-state index is 12.4. The van der Waals surface area contributed by atoms with Crippen molar-refractivity contribution in [2.75, 3.05) is 13.2 Å². The molecular weight excluding hydrogens is 295 g/mol. The summed E-state index contributed by atoms with van der Waals surface area (Å²) in [5.41, 5.74) is 0.202. The zero-order chi connectivity index (χ0) is 15.7. The third-order valence-corrected chi connectivity index (χ3v) is 4.46. The average molecular weight is 314 g/mol. The number of oxime groups is 1. The van der Waals surface area contributed by atoms with Gasteiger partial charge in [-0.15, -0.1) is 0 Å². The molecule has 0 bridgehead atoms. The highest BCUT2D eigenvalue weighted by Crippen LogP contribution is 2.49. The van der Waals surface area contributed by atoms with Crippen molar-refractivity contribution in [2.24, 2.45) is 5.16 Å². The molecule has 1 aromatic rings. The van der Waals surface area contributed by atoms with E-state index in [0.717, 1.165) is 5.56 Å². The molecule has 0 fully saturated rings. The van der Waals surface area contributed by atoms with Gasteiger partial charge in [-0.2, -0.15) is 0 Å². The van der Waals surface area contributed by atoms with Crippen molar-refractivity contribution in [3.05, 3.63) is 35.9 Å². The van der Waals surface area contributed by atoms with Crippen molar-refractivity contribution in [2.45, 2.75) is 20.4 Å². The second kappa shape index (κ2) is 8.56. The number of carbonyl (C=O) groups is 1. The summed E-state index contributed by atoms with van der Waals surface area (Å²) in [6.07, 6.45) is 0. The van der Waals surface area contributed by atoms with Crippen molar-refractivity contribution in [1.29, 1.82) is 0 Å². The number of amides is 1. The number of carbonyl (C=O) groups excluding carboxylic acids is 1. The summed E-state index contributed by atoms with van der Waals surface area (Å²) in [7, 11) is -3.92. The van der Waals surface area contributed by atoms with Gasteiger partial charge in [-0.1, -0.05) is 35.5 Å². The molecule has 21 heavy (non-hydrogen) atoms. The summed E-state index contributed by atoms with van der Waals surface area (Å²) in [6, 6.07) is 9.15. The third kappa shape index (κ3) is 4.97. The van der Waals surface area contributed by atoms with Crippen LogP contribution in [0.5, 0.6) is 0 Å². The summed E-state index contributed by atoms with van der Waals surface area (Å²) >= 11 is 0. The standard InChI is InChI=1S/C13H19N2O5P/c1-3-19-21(18,20-4-2)13(15-17)12(16)14-10-11-8-6-5-7-9-11/h5-9,17H,3-4,10H2,1-2H3,(H,14,16)/b15-13+. The molecule has 116 valence electrons. The average Bonchev–Trinajstić information content (AvgIpc) is 2.47. The summed E-state index contributed by atoms with van der Waals surface area (Å²) in [4.78, 5) is 12.0. The third-order valence-electron chi connectivity index (χ3n) is 2.45. The molecule has 0 aliphatic rings. The van der Waals surface area contributed by atoms with Gasteiger partial charge in [-0.25, -0.2) is 0 Å². The molecule has 1 aromatic carbocycles. The lowest BCUT2D eigenvalue weighted by molar-refractivity contribution is -0.114. The van der Waals surface area contributed by atoms with Gasteiger partial charge >= 0.3 is 7.60 Å². The Morgan fingerprint density at radius 2 is 1.81 bits per heavy atom. The van der Waals surface area contributed by atoms with E-state index in [0.29, 0.717) is 0 Å². The fourth-order valence-electron chi connectivity index (χ4n) is 1.58. The van der Waals surface area contributed by atoms with Crippen LogP contribution in [0.1, 0.15) is 19.4 Å². The molecular formula is C13H19N2O5P. The first kappa shape index (κ1) is 17.4. The van der Waals surface area contributed by atoms with Crippen LogP contribution in [0.15, 0.2) is 35.5 Å². The van der Waals surface area contributed by atoms with Crippen LogP contribution in [0.25, 0.3) is 0 Å². The SMILES string of the molecule is CCOP(=O)(OCC)/C(=N/O)C(=O)NCc1ccccc1. The second-order valence-corrected chi connectivity index (χ2v) is 5.86. The summed E-state index contributed by atoms with van der Waals surface area (Å²) in [6.45, 7) is 3.52. The summed E-state index contributed by atoms with van der Waals surface area (Å²) in [5.74, 6) is -0.799. The lowest BCUT2D eigenvalue weighted by Crippen LogP contribution is -2.31. The maximum Gasteiger partial charge on any atom is 0.388 e. The minimum atomic E-state index is -3.92. The molecule has 1 amide bonds. The van der Waals surface area contributed by atoms with Gasteiger partial charge in [0.05, 0.1) is 13.2 Å². The van der Waals surface area contributed by atoms with Crippen LogP contribution in [0, 0.1) is 0 Å². The minimum absolute atomic E-state index is 0.0578. The van der Waals surface area contributed by atoms with Crippen molar-refractivity contribution < 1.29 is 23.6 Å². The van der Waals surface area contributed by atoms with Crippen LogP contribution in [0.4, 0.5) is 0 Å². The van der Waals surface area contributed by atoms with E-state index in [4.69, 9.17) is 14.3 Å². The number of rotatable bonds is 8. The van der Waals surface area contributed by atoms with Crippen LogP contribution >= 0.6 is 7.60 Å². The molecule has 0 heterocycles. The number of hydrogen-bond donors (Lipinski definition) is 2. The van der Waals surface area contributed by atoms with Crippen molar-refractivity contribution in [3.8, 4) is 0 Å². The second-order valence-electron chi connectivity index (χ2n) is 3.92. The van der Waals surface area contributed by atoms with Gasteiger partial charge < -0.3 is 19.6 Å². The van der Waals surface area contributed by atoms with Crippen molar-refractivity contribution in [3.63, 3.8) is 0 Å². The van der Waals surface area contributed by atoms with E-state index in [1.807, 2.05) is 30.3 Å². The van der Waals surface area contributed by atoms with Gasteiger partial charge in [0.2, 0.25) is 0 Å². The highest BCUT2D eigenvalue weighted by Gasteiger charge is 2.37. The van der Waals surface area contributed by atoms with Gasteiger partial charge in [-0.05, 0) is 19.4 Å². The molecule has 2 N–H and O–H groups in total. The Bertz CT molecular complexity index is 523. The van der Waals surface area contributed by atoms with Crippen LogP contribution in [0.3, 0.4) is 0 Å². The normalized spacial score (nSPS) is 12.2. The van der Waals surface area contributed by atoms with Gasteiger partial charge in [0.25, 0.3) is 11.4 Å². The zero-order valence-electron chi connectivity index (χ0n) is 12.0. The molecule has 0 radical (unpaired) electrons. The molecule has 8 heteroatoms. The first-order valence-corrected chi connectivity index (χ1v) is 8.05. The number of nitrogens with one attached hydrogen (secondary N) is 1. The molecule has 0 saturated heterocycles. The van der Waals surface area contributed by atoms with Gasteiger partial charge in [-0.3, -0.25) is 9.36 Å². The molecule has 0 saturated carbocycles. The quantitative estimate of drug-likeness (QED) is 0.332. The zero-order valence-corrected chi connectivity index (χ0v) is 12.9. The number of hydrogen-bond acceptors (Lipinski definition) is 6. The van der Waals surface area contributed by atoms with Crippen molar-refractivity contribution >= 4 is 19.0 Å². The highest BCUT2D eigenvalue weighted by atomic mass is 31.2. The van der Waals surface area contributed by atoms with E-state index in [2.05, 4.69) is 10.5 Å². The van der Waals surface area contributed by atoms with Gasteiger partial charge in [0.15, 0.2) is 0 Å². The summed E-state index contributed by atoms with van der Waals surface area (Å²) < 4.78 is 22.4. The van der Waals surface area contributed by atoms with Crippen LogP contribution < -0.4 is 5.32 Å². The first-order valence-electron chi connectivity index (χ1n) is 6.51. The fraction of sp³-hybridized carbons (Fsp3) is 0.385. The monoisotopic (exact) mass is 314 g/mol. The van der Waals surface area contributed by atoms with E-state index in [1.54, 1.807) is 13.8 Å². The van der Waals surface area contributed by atoms with E-state index < -0.39 is 19.0 Å². The molecule has 0 unspecified atom stereocenters. The topological polar surface area (TPSA) is 97.2 Å². The molecule has 1 rings (SSSR count). The molecule has 0 atom stereocenters. The first-order chi connectivity index (χ1) is 10.1. The van der Waals surface area contributed by atoms with E-state index >= 15 is 0 Å². The molecule has 0 spiro atoms. The van der Waals surface area contributed by atoms with Gasteiger partial charge in [0, 0.05) is 6.54 Å². The van der Waals surface area contributed by atoms with Gasteiger partial charge in [0.1, 0.15) is 0 Å². The van der Waals surface area contributed by atoms with Crippen LogP contribution in [-0.2, 0) is 25.0 Å². The lowest BCUT2D eigenvalue weighted by Gasteiger charge is -2.17. The van der Waals surface area contributed by atoms with Crippen LogP contribution in [0.2, 0.25) is 0 Å². The van der Waals surface area contributed by atoms with Crippen molar-refractivity contribution in [1.82, 2.24) is 5.32 Å². The molecule has 0 aromatic heterocycles. The smallest absolute Gasteiger partial charge is 0.388 e. The Labute approximate surface area is 123 Å². The predicted molar refractivity (Wildman–Crippen MR) is 78.4 cm³/mol. The largest absolute Gasteiger partial charge is 0.410 e. The number of benzene rings is 1. The Morgan fingerprint density at radius 1 is 1.24 bits per heavy atom. The minimum Gasteiger partial charge on any atom is -0.410 e. The van der Waals surface area contributed by atoms with Crippen LogP contribution in [-0.4, -0.2) is 29.8 Å².